The molecule has 4 rings (SSSR count). The molecule has 0 bridgehead atoms. The highest BCUT2D eigenvalue weighted by Gasteiger charge is 2.30. The van der Waals surface area contributed by atoms with E-state index in [1.807, 2.05) is 24.6 Å². The quantitative estimate of drug-likeness (QED) is 0.787. The number of hydrogen-bond donors (Lipinski definition) is 1. The first kappa shape index (κ1) is 15.3. The number of fused-ring (bicyclic) bond motifs is 1. The fraction of sp³-hybridized carbons (Fsp3) is 0.235. The summed E-state index contributed by atoms with van der Waals surface area (Å²) >= 11 is 0. The summed E-state index contributed by atoms with van der Waals surface area (Å²) in [6.07, 6.45) is 1.78. The minimum absolute atomic E-state index is 0.0140. The maximum absolute atomic E-state index is 11.1. The summed E-state index contributed by atoms with van der Waals surface area (Å²) < 4.78 is 7.63. The van der Waals surface area contributed by atoms with Crippen LogP contribution in [-0.2, 0) is 0 Å². The highest BCUT2D eigenvalue weighted by Crippen LogP contribution is 2.35. The second kappa shape index (κ2) is 5.66. The van der Waals surface area contributed by atoms with Crippen molar-refractivity contribution in [2.45, 2.75) is 25.8 Å². The molecule has 3 heterocycles. The van der Waals surface area contributed by atoms with Gasteiger partial charge in [-0.3, -0.25) is 0 Å². The maximum atomic E-state index is 11.1. The van der Waals surface area contributed by atoms with Crippen molar-refractivity contribution in [2.24, 2.45) is 4.99 Å². The molecular formula is C17H15N5O3. The van der Waals surface area contributed by atoms with Crippen molar-refractivity contribution in [3.63, 3.8) is 0 Å². The number of carboxylic acids is 1. The summed E-state index contributed by atoms with van der Waals surface area (Å²) in [5.41, 5.74) is 1.63. The largest absolute Gasteiger partial charge is 0.478 e. The van der Waals surface area contributed by atoms with E-state index in [4.69, 9.17) is 9.52 Å². The zero-order chi connectivity index (χ0) is 17.6. The van der Waals surface area contributed by atoms with Gasteiger partial charge in [-0.2, -0.15) is 5.10 Å². The minimum Gasteiger partial charge on any atom is -0.478 e. The first-order valence-electron chi connectivity index (χ1n) is 7.80. The number of carboxylic acid groups (broad SMARTS) is 1. The molecule has 8 nitrogen and oxygen atoms in total. The molecule has 0 saturated carbocycles. The van der Waals surface area contributed by atoms with Crippen LogP contribution >= 0.6 is 0 Å². The highest BCUT2D eigenvalue weighted by molar-refractivity contribution is 5.88. The van der Waals surface area contributed by atoms with Gasteiger partial charge in [0.05, 0.1) is 23.2 Å². The molecule has 0 spiro atoms. The topological polar surface area (TPSA) is 106 Å². The predicted molar refractivity (Wildman–Crippen MR) is 89.3 cm³/mol. The summed E-state index contributed by atoms with van der Waals surface area (Å²) in [4.78, 5) is 15.5. The Morgan fingerprint density at radius 1 is 1.28 bits per heavy atom. The first-order valence-corrected chi connectivity index (χ1v) is 7.80. The molecule has 0 fully saturated rings. The van der Waals surface area contributed by atoms with E-state index in [0.29, 0.717) is 11.5 Å². The Morgan fingerprint density at radius 3 is 2.92 bits per heavy atom. The van der Waals surface area contributed by atoms with Crippen molar-refractivity contribution in [2.75, 3.05) is 0 Å². The van der Waals surface area contributed by atoms with Crippen molar-refractivity contribution >= 4 is 18.0 Å². The van der Waals surface area contributed by atoms with Gasteiger partial charge in [0.1, 0.15) is 0 Å². The van der Waals surface area contributed by atoms with Crippen LogP contribution < -0.4 is 0 Å². The second-order valence-electron chi connectivity index (χ2n) is 5.96. The van der Waals surface area contributed by atoms with Gasteiger partial charge in [-0.15, -0.1) is 10.2 Å². The van der Waals surface area contributed by atoms with Gasteiger partial charge >= 0.3 is 5.97 Å². The molecule has 2 atom stereocenters. The van der Waals surface area contributed by atoms with E-state index in [2.05, 4.69) is 20.3 Å². The Bertz CT molecular complexity index is 988. The molecule has 126 valence electrons. The number of aliphatic imine (C=N–C) groups is 1. The third-order valence-corrected chi connectivity index (χ3v) is 4.19. The van der Waals surface area contributed by atoms with E-state index in [-0.39, 0.29) is 23.4 Å². The van der Waals surface area contributed by atoms with Gasteiger partial charge in [0, 0.05) is 17.8 Å². The Hall–Kier alpha value is -3.29. The Labute approximate surface area is 142 Å². The van der Waals surface area contributed by atoms with Crippen LogP contribution in [0.1, 0.15) is 40.8 Å². The lowest BCUT2D eigenvalue weighted by Crippen LogP contribution is -2.20. The monoisotopic (exact) mass is 337 g/mol. The summed E-state index contributed by atoms with van der Waals surface area (Å²) in [5.74, 6) is 0.300. The number of hydrogen-bond acceptors (Lipinski definition) is 6. The van der Waals surface area contributed by atoms with Gasteiger partial charge in [-0.05, 0) is 32.0 Å². The Kier molecular flexibility index (Phi) is 3.45. The lowest BCUT2D eigenvalue weighted by Gasteiger charge is -2.22. The van der Waals surface area contributed by atoms with Crippen molar-refractivity contribution in [1.29, 1.82) is 0 Å². The number of rotatable bonds is 3. The van der Waals surface area contributed by atoms with Crippen LogP contribution in [0.2, 0.25) is 0 Å². The van der Waals surface area contributed by atoms with Gasteiger partial charge in [0.25, 0.3) is 0 Å². The molecule has 1 aromatic carbocycles. The van der Waals surface area contributed by atoms with E-state index in [0.717, 1.165) is 11.5 Å². The Morgan fingerprint density at radius 2 is 2.12 bits per heavy atom. The van der Waals surface area contributed by atoms with Gasteiger partial charge < -0.3 is 9.52 Å². The number of aromatic nitrogens is 4. The predicted octanol–water partition coefficient (Wildman–Crippen LogP) is 3.00. The van der Waals surface area contributed by atoms with E-state index in [1.165, 1.54) is 12.1 Å². The molecule has 25 heavy (non-hydrogen) atoms. The molecular weight excluding hydrogens is 322 g/mol. The maximum Gasteiger partial charge on any atom is 0.335 e. The number of aryl methyl sites for hydroxylation is 1. The van der Waals surface area contributed by atoms with Crippen molar-refractivity contribution in [3.05, 3.63) is 47.5 Å². The van der Waals surface area contributed by atoms with Crippen LogP contribution in [0.5, 0.6) is 0 Å². The van der Waals surface area contributed by atoms with Gasteiger partial charge in [0.15, 0.2) is 5.82 Å². The van der Waals surface area contributed by atoms with Crippen molar-refractivity contribution in [3.8, 4) is 11.5 Å². The van der Waals surface area contributed by atoms with E-state index in [1.54, 1.807) is 18.3 Å². The van der Waals surface area contributed by atoms with Gasteiger partial charge in [0.2, 0.25) is 11.8 Å². The number of nitrogens with zero attached hydrogens (tertiary/aromatic N) is 5. The SMILES string of the molecule is Cc1cc2n(n1)C(C)C(c1nnc(-c3cccc(C(=O)O)c3)o1)C=N2. The average molecular weight is 337 g/mol. The standard InChI is InChI=1S/C17H15N5O3/c1-9-6-14-18-8-13(10(2)22(14)21-9)16-20-19-15(25-16)11-4-3-5-12(7-11)17(23)24/h3-8,10,13H,1-2H3,(H,23,24). The normalized spacial score (nSPS) is 19.0. The zero-order valence-electron chi connectivity index (χ0n) is 13.6. The summed E-state index contributed by atoms with van der Waals surface area (Å²) in [6, 6.07) is 8.30. The fourth-order valence-electron chi connectivity index (χ4n) is 2.87. The summed E-state index contributed by atoms with van der Waals surface area (Å²) in [7, 11) is 0. The van der Waals surface area contributed by atoms with Crippen LogP contribution in [0.3, 0.4) is 0 Å². The second-order valence-corrected chi connectivity index (χ2v) is 5.96. The molecule has 8 heteroatoms. The minimum atomic E-state index is -1.00. The summed E-state index contributed by atoms with van der Waals surface area (Å²) in [6.45, 7) is 3.93. The molecule has 0 saturated heterocycles. The fourth-order valence-corrected chi connectivity index (χ4v) is 2.87. The molecule has 3 aromatic rings. The van der Waals surface area contributed by atoms with Crippen LogP contribution in [0.25, 0.3) is 11.5 Å². The van der Waals surface area contributed by atoms with E-state index >= 15 is 0 Å². The van der Waals surface area contributed by atoms with Gasteiger partial charge in [-0.25, -0.2) is 14.5 Å². The molecule has 1 aliphatic rings. The molecule has 1 N–H and O–H groups in total. The molecule has 0 radical (unpaired) electrons. The van der Waals surface area contributed by atoms with Crippen molar-refractivity contribution < 1.29 is 14.3 Å². The smallest absolute Gasteiger partial charge is 0.335 e. The van der Waals surface area contributed by atoms with Crippen molar-refractivity contribution in [1.82, 2.24) is 20.0 Å². The zero-order valence-corrected chi connectivity index (χ0v) is 13.6. The average Bonchev–Trinajstić information content (AvgIpc) is 3.22. The van der Waals surface area contributed by atoms with E-state index < -0.39 is 5.97 Å². The number of carbonyl (C=O) groups is 1. The molecule has 2 aromatic heterocycles. The third-order valence-electron chi connectivity index (χ3n) is 4.19. The van der Waals surface area contributed by atoms with Crippen LogP contribution in [0, 0.1) is 6.92 Å². The molecule has 1 aliphatic heterocycles. The summed E-state index contributed by atoms with van der Waals surface area (Å²) in [5, 5.41) is 21.7. The highest BCUT2D eigenvalue weighted by atomic mass is 16.4. The first-order chi connectivity index (χ1) is 12.0. The lowest BCUT2D eigenvalue weighted by molar-refractivity contribution is 0.0697. The molecule has 0 aliphatic carbocycles. The number of benzene rings is 1. The van der Waals surface area contributed by atoms with Crippen LogP contribution in [0.4, 0.5) is 5.82 Å². The molecule has 2 unspecified atom stereocenters. The lowest BCUT2D eigenvalue weighted by atomic mass is 10.0. The van der Waals surface area contributed by atoms with E-state index in [9.17, 15) is 4.79 Å². The molecule has 0 amide bonds. The van der Waals surface area contributed by atoms with Crippen LogP contribution in [-0.4, -0.2) is 37.3 Å². The third kappa shape index (κ3) is 2.61. The Balaban J connectivity index is 1.66. The number of aromatic carboxylic acids is 1. The van der Waals surface area contributed by atoms with Gasteiger partial charge in [-0.1, -0.05) is 6.07 Å². The van der Waals surface area contributed by atoms with Crippen LogP contribution in [0.15, 0.2) is 39.7 Å².